The van der Waals surface area contributed by atoms with Gasteiger partial charge in [0.15, 0.2) is 0 Å². The summed E-state index contributed by atoms with van der Waals surface area (Å²) in [6, 6.07) is 32.6. The van der Waals surface area contributed by atoms with Gasteiger partial charge in [0, 0.05) is 5.92 Å². The van der Waals surface area contributed by atoms with Crippen LogP contribution in [0.3, 0.4) is 0 Å². The lowest BCUT2D eigenvalue weighted by Crippen LogP contribution is -2.01. The Kier molecular flexibility index (Phi) is 5.64. The Bertz CT molecular complexity index is 632. The fourth-order valence-corrected chi connectivity index (χ4v) is 3.22. The standard InChI is InChI=1S/C23H24/c1-4-12-20(13-5-1)14-10-11-19-23(21-15-6-2-7-16-21)22-17-8-3-9-18-22/h1-9,12-13,15-18,23H,10-11,14,19H2. The zero-order valence-electron chi connectivity index (χ0n) is 13.6. The number of hydrogen-bond donors (Lipinski definition) is 0. The molecule has 0 unspecified atom stereocenters. The first-order valence-electron chi connectivity index (χ1n) is 8.57. The minimum Gasteiger partial charge on any atom is -0.0622 e. The van der Waals surface area contributed by atoms with Crippen LogP contribution in [-0.4, -0.2) is 0 Å². The van der Waals surface area contributed by atoms with E-state index in [4.69, 9.17) is 0 Å². The van der Waals surface area contributed by atoms with Crippen LogP contribution in [0.15, 0.2) is 91.0 Å². The lowest BCUT2D eigenvalue weighted by atomic mass is 9.86. The molecule has 0 aliphatic heterocycles. The topological polar surface area (TPSA) is 0 Å². The Morgan fingerprint density at radius 2 is 1.00 bits per heavy atom. The normalized spacial score (nSPS) is 10.8. The van der Waals surface area contributed by atoms with Gasteiger partial charge in [-0.25, -0.2) is 0 Å². The van der Waals surface area contributed by atoms with Crippen molar-refractivity contribution in [2.75, 3.05) is 0 Å². The molecule has 0 saturated carbocycles. The molecular formula is C23H24. The van der Waals surface area contributed by atoms with Crippen LogP contribution in [0.1, 0.15) is 41.9 Å². The van der Waals surface area contributed by atoms with Crippen molar-refractivity contribution in [3.8, 4) is 0 Å². The number of hydrogen-bond acceptors (Lipinski definition) is 0. The summed E-state index contributed by atoms with van der Waals surface area (Å²) in [7, 11) is 0. The van der Waals surface area contributed by atoms with E-state index in [1.165, 1.54) is 42.4 Å². The minimum absolute atomic E-state index is 0.508. The fraction of sp³-hybridized carbons (Fsp3) is 0.217. The largest absolute Gasteiger partial charge is 0.0622 e. The average molecular weight is 300 g/mol. The van der Waals surface area contributed by atoms with E-state index in [0.717, 1.165) is 0 Å². The average Bonchev–Trinajstić information content (AvgIpc) is 2.64. The van der Waals surface area contributed by atoms with Crippen LogP contribution >= 0.6 is 0 Å². The van der Waals surface area contributed by atoms with Crippen molar-refractivity contribution in [3.63, 3.8) is 0 Å². The summed E-state index contributed by atoms with van der Waals surface area (Å²) in [5.74, 6) is 0.508. The Morgan fingerprint density at radius 1 is 0.522 bits per heavy atom. The van der Waals surface area contributed by atoms with Gasteiger partial charge in [-0.1, -0.05) is 97.4 Å². The third-order valence-electron chi connectivity index (χ3n) is 4.45. The first-order valence-corrected chi connectivity index (χ1v) is 8.57. The van der Waals surface area contributed by atoms with E-state index in [1.807, 2.05) is 0 Å². The first-order chi connectivity index (χ1) is 11.4. The molecule has 0 aliphatic rings. The number of aryl methyl sites for hydroxylation is 1. The van der Waals surface area contributed by atoms with Crippen LogP contribution in [0.5, 0.6) is 0 Å². The summed E-state index contributed by atoms with van der Waals surface area (Å²) in [5, 5.41) is 0. The van der Waals surface area contributed by atoms with Gasteiger partial charge in [-0.05, 0) is 36.0 Å². The highest BCUT2D eigenvalue weighted by Gasteiger charge is 2.13. The lowest BCUT2D eigenvalue weighted by Gasteiger charge is -2.18. The highest BCUT2D eigenvalue weighted by Crippen LogP contribution is 2.29. The lowest BCUT2D eigenvalue weighted by molar-refractivity contribution is 0.626. The molecule has 3 aromatic carbocycles. The van der Waals surface area contributed by atoms with Gasteiger partial charge in [0.25, 0.3) is 0 Å². The van der Waals surface area contributed by atoms with E-state index in [9.17, 15) is 0 Å². The first kappa shape index (κ1) is 15.6. The van der Waals surface area contributed by atoms with Crippen molar-refractivity contribution in [3.05, 3.63) is 108 Å². The molecule has 0 heterocycles. The van der Waals surface area contributed by atoms with Gasteiger partial charge < -0.3 is 0 Å². The summed E-state index contributed by atoms with van der Waals surface area (Å²) in [6.45, 7) is 0. The smallest absolute Gasteiger partial charge is 0.00893 e. The third-order valence-corrected chi connectivity index (χ3v) is 4.45. The molecule has 23 heavy (non-hydrogen) atoms. The zero-order chi connectivity index (χ0) is 15.7. The number of unbranched alkanes of at least 4 members (excludes halogenated alkanes) is 1. The van der Waals surface area contributed by atoms with Crippen LogP contribution in [0.4, 0.5) is 0 Å². The molecule has 0 radical (unpaired) electrons. The third kappa shape index (κ3) is 4.56. The fourth-order valence-electron chi connectivity index (χ4n) is 3.22. The summed E-state index contributed by atoms with van der Waals surface area (Å²) >= 11 is 0. The number of benzene rings is 3. The maximum absolute atomic E-state index is 2.26. The van der Waals surface area contributed by atoms with Crippen molar-refractivity contribution in [2.24, 2.45) is 0 Å². The van der Waals surface area contributed by atoms with Gasteiger partial charge in [-0.15, -0.1) is 0 Å². The van der Waals surface area contributed by atoms with E-state index in [0.29, 0.717) is 5.92 Å². The van der Waals surface area contributed by atoms with Crippen molar-refractivity contribution >= 4 is 0 Å². The maximum atomic E-state index is 2.26. The van der Waals surface area contributed by atoms with Crippen LogP contribution in [0.25, 0.3) is 0 Å². The molecule has 0 N–H and O–H groups in total. The van der Waals surface area contributed by atoms with E-state index < -0.39 is 0 Å². The molecule has 0 saturated heterocycles. The molecule has 0 bridgehead atoms. The van der Waals surface area contributed by atoms with Crippen molar-refractivity contribution in [2.45, 2.75) is 31.6 Å². The highest BCUT2D eigenvalue weighted by atomic mass is 14.2. The van der Waals surface area contributed by atoms with Gasteiger partial charge in [0.1, 0.15) is 0 Å². The van der Waals surface area contributed by atoms with E-state index in [1.54, 1.807) is 0 Å². The predicted octanol–water partition coefficient (Wildman–Crippen LogP) is 6.23. The number of rotatable bonds is 7. The molecule has 0 fully saturated rings. The molecule has 0 nitrogen and oxygen atoms in total. The molecule has 0 amide bonds. The van der Waals surface area contributed by atoms with Crippen LogP contribution < -0.4 is 0 Å². The SMILES string of the molecule is c1ccc(CCCCC(c2ccccc2)c2ccccc2)cc1. The maximum Gasteiger partial charge on any atom is 0.00893 e. The summed E-state index contributed by atoms with van der Waals surface area (Å²) in [4.78, 5) is 0. The Hall–Kier alpha value is -2.34. The summed E-state index contributed by atoms with van der Waals surface area (Å²) in [6.07, 6.45) is 4.89. The molecule has 0 atom stereocenters. The Balaban J connectivity index is 1.63. The predicted molar refractivity (Wildman–Crippen MR) is 98.7 cm³/mol. The Morgan fingerprint density at radius 3 is 1.52 bits per heavy atom. The second-order valence-corrected chi connectivity index (χ2v) is 6.11. The Labute approximate surface area is 139 Å². The summed E-state index contributed by atoms with van der Waals surface area (Å²) in [5.41, 5.74) is 4.31. The molecule has 0 spiro atoms. The highest BCUT2D eigenvalue weighted by molar-refractivity contribution is 5.32. The molecular weight excluding hydrogens is 276 g/mol. The second-order valence-electron chi connectivity index (χ2n) is 6.11. The quantitative estimate of drug-likeness (QED) is 0.454. The molecule has 0 aromatic heterocycles. The van der Waals surface area contributed by atoms with Gasteiger partial charge in [-0.2, -0.15) is 0 Å². The van der Waals surface area contributed by atoms with Crippen LogP contribution in [0.2, 0.25) is 0 Å². The van der Waals surface area contributed by atoms with E-state index >= 15 is 0 Å². The van der Waals surface area contributed by atoms with Crippen molar-refractivity contribution in [1.29, 1.82) is 0 Å². The summed E-state index contributed by atoms with van der Waals surface area (Å²) < 4.78 is 0. The zero-order valence-corrected chi connectivity index (χ0v) is 13.6. The molecule has 116 valence electrons. The second kappa shape index (κ2) is 8.33. The van der Waals surface area contributed by atoms with E-state index in [2.05, 4.69) is 91.0 Å². The van der Waals surface area contributed by atoms with Crippen LogP contribution in [-0.2, 0) is 6.42 Å². The molecule has 0 heteroatoms. The van der Waals surface area contributed by atoms with Gasteiger partial charge >= 0.3 is 0 Å². The van der Waals surface area contributed by atoms with Crippen molar-refractivity contribution < 1.29 is 0 Å². The van der Waals surface area contributed by atoms with Crippen LogP contribution in [0, 0.1) is 0 Å². The van der Waals surface area contributed by atoms with Gasteiger partial charge in [0.2, 0.25) is 0 Å². The van der Waals surface area contributed by atoms with Gasteiger partial charge in [-0.3, -0.25) is 0 Å². The minimum atomic E-state index is 0.508. The van der Waals surface area contributed by atoms with E-state index in [-0.39, 0.29) is 0 Å². The van der Waals surface area contributed by atoms with Gasteiger partial charge in [0.05, 0.1) is 0 Å². The molecule has 3 aromatic rings. The molecule has 0 aliphatic carbocycles. The monoisotopic (exact) mass is 300 g/mol. The van der Waals surface area contributed by atoms with Crippen molar-refractivity contribution in [1.82, 2.24) is 0 Å². The molecule has 3 rings (SSSR count).